The van der Waals surface area contributed by atoms with E-state index in [1.807, 2.05) is 13.8 Å². The van der Waals surface area contributed by atoms with E-state index in [0.29, 0.717) is 23.7 Å². The van der Waals surface area contributed by atoms with E-state index in [1.165, 1.54) is 23.4 Å². The lowest BCUT2D eigenvalue weighted by Gasteiger charge is -2.27. The molecule has 0 aliphatic heterocycles. The van der Waals surface area contributed by atoms with Crippen LogP contribution in [0.5, 0.6) is 0 Å². The average Bonchev–Trinajstić information content (AvgIpc) is 3.37. The minimum Gasteiger partial charge on any atom is -0.460 e. The molecule has 3 aromatic heterocycles. The molecule has 0 unspecified atom stereocenters. The van der Waals surface area contributed by atoms with Gasteiger partial charge in [0.25, 0.3) is 5.91 Å². The molecule has 12 nitrogen and oxygen atoms in total. The van der Waals surface area contributed by atoms with Crippen molar-refractivity contribution in [3.63, 3.8) is 0 Å². The number of aromatic nitrogens is 5. The van der Waals surface area contributed by atoms with Crippen LogP contribution in [0.4, 0.5) is 21.7 Å². The summed E-state index contributed by atoms with van der Waals surface area (Å²) in [6.45, 7) is 11.4. The summed E-state index contributed by atoms with van der Waals surface area (Å²) in [6.07, 6.45) is 4.68. The van der Waals surface area contributed by atoms with E-state index in [2.05, 4.69) is 30.8 Å². The SMILES string of the molecule is CCOC[C@@H](Nc1nc(Nc2cnc(C)c(-n3nccn3)c2)c(C(N)=O)cc1F)[C@H](C)CC(=O)OC(C)(C)C. The zero-order valence-electron chi connectivity index (χ0n) is 23.0. The maximum Gasteiger partial charge on any atom is 0.306 e. The standard InChI is InChI=1S/C26H35FN8O4/c1-7-38-14-20(15(2)10-22(36)39-26(4,5)6)33-25-19(27)12-18(23(28)37)24(34-25)32-17-11-21(16(3)29-13-17)35-30-8-9-31-35/h8-9,11-13,15,20H,7,10,14H2,1-6H3,(H2,28,37)(H2,32,33,34)/t15-,20-/m1/s1. The quantitative estimate of drug-likeness (QED) is 0.289. The molecule has 0 spiro atoms. The van der Waals surface area contributed by atoms with Gasteiger partial charge in [-0.25, -0.2) is 9.37 Å². The molecule has 39 heavy (non-hydrogen) atoms. The van der Waals surface area contributed by atoms with Crippen molar-refractivity contribution in [1.82, 2.24) is 25.0 Å². The zero-order valence-corrected chi connectivity index (χ0v) is 23.0. The van der Waals surface area contributed by atoms with Crippen molar-refractivity contribution in [1.29, 1.82) is 0 Å². The number of primary amides is 1. The molecular weight excluding hydrogens is 507 g/mol. The number of nitrogens with zero attached hydrogens (tertiary/aromatic N) is 5. The van der Waals surface area contributed by atoms with E-state index in [9.17, 15) is 9.59 Å². The van der Waals surface area contributed by atoms with Crippen LogP contribution in [-0.4, -0.2) is 61.7 Å². The number of hydrogen-bond donors (Lipinski definition) is 3. The largest absolute Gasteiger partial charge is 0.460 e. The highest BCUT2D eigenvalue weighted by Crippen LogP contribution is 2.27. The maximum absolute atomic E-state index is 15.1. The number of hydrogen-bond acceptors (Lipinski definition) is 10. The maximum atomic E-state index is 15.1. The summed E-state index contributed by atoms with van der Waals surface area (Å²) in [5, 5.41) is 14.3. The van der Waals surface area contributed by atoms with Crippen LogP contribution in [0.2, 0.25) is 0 Å². The first-order chi connectivity index (χ1) is 18.4. The molecule has 13 heteroatoms. The Balaban J connectivity index is 1.90. The summed E-state index contributed by atoms with van der Waals surface area (Å²) in [5.41, 5.74) is 6.45. The zero-order chi connectivity index (χ0) is 28.7. The molecule has 210 valence electrons. The molecule has 3 rings (SSSR count). The van der Waals surface area contributed by atoms with Gasteiger partial charge in [-0.3, -0.25) is 14.6 Å². The number of rotatable bonds is 12. The fraction of sp³-hybridized carbons (Fsp3) is 0.462. The second kappa shape index (κ2) is 12.6. The van der Waals surface area contributed by atoms with Crippen LogP contribution in [0, 0.1) is 18.7 Å². The predicted octanol–water partition coefficient (Wildman–Crippen LogP) is 3.53. The Morgan fingerprint density at radius 3 is 2.49 bits per heavy atom. The van der Waals surface area contributed by atoms with Crippen LogP contribution in [0.15, 0.2) is 30.7 Å². The topological polar surface area (TPSA) is 159 Å². The van der Waals surface area contributed by atoms with E-state index in [-0.39, 0.29) is 42.1 Å². The highest BCUT2D eigenvalue weighted by Gasteiger charge is 2.26. The van der Waals surface area contributed by atoms with Gasteiger partial charge >= 0.3 is 5.97 Å². The molecular formula is C26H35FN8O4. The number of pyridine rings is 2. The van der Waals surface area contributed by atoms with Crippen molar-refractivity contribution < 1.29 is 23.5 Å². The molecule has 0 bridgehead atoms. The van der Waals surface area contributed by atoms with Gasteiger partial charge in [-0.15, -0.1) is 4.80 Å². The highest BCUT2D eigenvalue weighted by atomic mass is 19.1. The summed E-state index contributed by atoms with van der Waals surface area (Å²) in [4.78, 5) is 34.6. The van der Waals surface area contributed by atoms with Gasteiger partial charge < -0.3 is 25.8 Å². The molecule has 1 amide bonds. The summed E-state index contributed by atoms with van der Waals surface area (Å²) in [6, 6.07) is 2.23. The third-order valence-electron chi connectivity index (χ3n) is 5.62. The number of carbonyl (C=O) groups is 2. The Labute approximate surface area is 226 Å². The van der Waals surface area contributed by atoms with Gasteiger partial charge in [0.2, 0.25) is 0 Å². The third-order valence-corrected chi connectivity index (χ3v) is 5.62. The number of anilines is 3. The normalized spacial score (nSPS) is 13.0. The number of ether oxygens (including phenoxy) is 2. The van der Waals surface area contributed by atoms with Crippen molar-refractivity contribution in [2.24, 2.45) is 11.7 Å². The molecule has 4 N–H and O–H groups in total. The minimum absolute atomic E-state index is 0.0198. The lowest BCUT2D eigenvalue weighted by molar-refractivity contribution is -0.156. The van der Waals surface area contributed by atoms with Crippen LogP contribution in [0.1, 0.15) is 57.1 Å². The molecule has 0 saturated heterocycles. The molecule has 0 fully saturated rings. The predicted molar refractivity (Wildman–Crippen MR) is 143 cm³/mol. The Bertz CT molecular complexity index is 1290. The summed E-state index contributed by atoms with van der Waals surface area (Å²) < 4.78 is 26.2. The fourth-order valence-electron chi connectivity index (χ4n) is 3.70. The van der Waals surface area contributed by atoms with Crippen LogP contribution >= 0.6 is 0 Å². The van der Waals surface area contributed by atoms with Crippen LogP contribution in [0.25, 0.3) is 5.69 Å². The summed E-state index contributed by atoms with van der Waals surface area (Å²) >= 11 is 0. The number of carbonyl (C=O) groups excluding carboxylic acids is 2. The number of halogens is 1. The summed E-state index contributed by atoms with van der Waals surface area (Å²) in [7, 11) is 0. The second-order valence-corrected chi connectivity index (χ2v) is 10.0. The van der Waals surface area contributed by atoms with Gasteiger partial charge in [-0.05, 0) is 52.7 Å². The molecule has 0 aliphatic rings. The van der Waals surface area contributed by atoms with E-state index < -0.39 is 23.4 Å². The Hall–Kier alpha value is -4.13. The molecule has 2 atom stereocenters. The van der Waals surface area contributed by atoms with Crippen LogP contribution in [0.3, 0.4) is 0 Å². The molecule has 0 aliphatic carbocycles. The number of esters is 1. The minimum atomic E-state index is -0.867. The van der Waals surface area contributed by atoms with E-state index >= 15 is 4.39 Å². The van der Waals surface area contributed by atoms with Gasteiger partial charge in [0.1, 0.15) is 17.1 Å². The van der Waals surface area contributed by atoms with Crippen molar-refractivity contribution in [2.75, 3.05) is 23.8 Å². The molecule has 0 saturated carbocycles. The van der Waals surface area contributed by atoms with Gasteiger partial charge in [-0.2, -0.15) is 10.2 Å². The van der Waals surface area contributed by atoms with E-state index in [0.717, 1.165) is 6.07 Å². The Morgan fingerprint density at radius 1 is 1.18 bits per heavy atom. The van der Waals surface area contributed by atoms with Gasteiger partial charge in [0.05, 0.1) is 54.6 Å². The van der Waals surface area contributed by atoms with Gasteiger partial charge in [0.15, 0.2) is 11.6 Å². The number of nitrogens with two attached hydrogens (primary N) is 1. The van der Waals surface area contributed by atoms with Gasteiger partial charge in [0, 0.05) is 6.61 Å². The first kappa shape index (κ1) is 29.4. The molecule has 0 aromatic carbocycles. The number of amides is 1. The second-order valence-electron chi connectivity index (χ2n) is 10.0. The molecule has 0 radical (unpaired) electrons. The lowest BCUT2D eigenvalue weighted by Crippen LogP contribution is -2.36. The molecule has 3 aromatic rings. The highest BCUT2D eigenvalue weighted by molar-refractivity contribution is 5.98. The fourth-order valence-corrected chi connectivity index (χ4v) is 3.70. The summed E-state index contributed by atoms with van der Waals surface area (Å²) in [5.74, 6) is -2.46. The van der Waals surface area contributed by atoms with Crippen molar-refractivity contribution in [3.8, 4) is 5.69 Å². The Kier molecular flexibility index (Phi) is 9.51. The first-order valence-corrected chi connectivity index (χ1v) is 12.5. The average molecular weight is 543 g/mol. The van der Waals surface area contributed by atoms with Crippen molar-refractivity contribution >= 4 is 29.2 Å². The number of aryl methyl sites for hydroxylation is 1. The van der Waals surface area contributed by atoms with Gasteiger partial charge in [-0.1, -0.05) is 6.92 Å². The van der Waals surface area contributed by atoms with E-state index in [4.69, 9.17) is 15.2 Å². The van der Waals surface area contributed by atoms with Crippen molar-refractivity contribution in [2.45, 2.75) is 59.6 Å². The van der Waals surface area contributed by atoms with Crippen molar-refractivity contribution in [3.05, 3.63) is 47.8 Å². The number of nitrogens with one attached hydrogen (secondary N) is 2. The van der Waals surface area contributed by atoms with Crippen LogP contribution in [-0.2, 0) is 14.3 Å². The lowest BCUT2D eigenvalue weighted by atomic mass is 9.98. The third kappa shape index (κ3) is 8.18. The van der Waals surface area contributed by atoms with E-state index in [1.54, 1.807) is 33.8 Å². The first-order valence-electron chi connectivity index (χ1n) is 12.5. The monoisotopic (exact) mass is 542 g/mol. The Morgan fingerprint density at radius 2 is 1.87 bits per heavy atom. The smallest absolute Gasteiger partial charge is 0.306 e. The van der Waals surface area contributed by atoms with Crippen LogP contribution < -0.4 is 16.4 Å². The molecule has 3 heterocycles.